The Kier molecular flexibility index (Phi) is 10.4. The zero-order valence-electron chi connectivity index (χ0n) is 20.5. The summed E-state index contributed by atoms with van der Waals surface area (Å²) in [4.78, 5) is 27.9. The lowest BCUT2D eigenvalue weighted by Crippen LogP contribution is -2.12. The van der Waals surface area contributed by atoms with E-state index in [0.29, 0.717) is 10.7 Å². The highest BCUT2D eigenvalue weighted by Crippen LogP contribution is 2.27. The Hall–Kier alpha value is -3.08. The first kappa shape index (κ1) is 27.2. The summed E-state index contributed by atoms with van der Waals surface area (Å²) in [5.41, 5.74) is 5.61. The molecule has 0 fully saturated rings. The zero-order chi connectivity index (χ0) is 25.3. The van der Waals surface area contributed by atoms with Gasteiger partial charge in [-0.2, -0.15) is 0 Å². The van der Waals surface area contributed by atoms with Crippen molar-refractivity contribution in [2.24, 2.45) is 0 Å². The number of hydrogen-bond donors (Lipinski definition) is 2. The molecule has 1 atom stereocenters. The minimum absolute atomic E-state index is 0.165. The third-order valence-corrected chi connectivity index (χ3v) is 5.96. The summed E-state index contributed by atoms with van der Waals surface area (Å²) in [6, 6.07) is 19.6. The lowest BCUT2D eigenvalue weighted by molar-refractivity contribution is -0.114. The molecule has 34 heavy (non-hydrogen) atoms. The predicted octanol–water partition coefficient (Wildman–Crippen LogP) is 6.65. The molecule has 178 valence electrons. The van der Waals surface area contributed by atoms with E-state index in [2.05, 4.69) is 56.0 Å². The van der Waals surface area contributed by atoms with Gasteiger partial charge in [-0.25, -0.2) is 4.98 Å². The van der Waals surface area contributed by atoms with Gasteiger partial charge in [0.15, 0.2) is 5.13 Å². The maximum absolute atomic E-state index is 12.5. The van der Waals surface area contributed by atoms with Crippen LogP contribution in [0.4, 0.5) is 10.8 Å². The van der Waals surface area contributed by atoms with Crippen LogP contribution >= 0.6 is 20.6 Å². The number of rotatable bonds is 3. The number of anilines is 2. The number of nitrogens with zero attached hydrogens (tertiary/aromatic N) is 1. The minimum atomic E-state index is -0.168. The van der Waals surface area contributed by atoms with Gasteiger partial charge in [0.05, 0.1) is 10.2 Å². The largest absolute Gasteiger partial charge is 0.322 e. The van der Waals surface area contributed by atoms with Crippen molar-refractivity contribution in [2.45, 2.75) is 41.5 Å². The fraction of sp³-hybridized carbons (Fsp3) is 0.222. The maximum Gasteiger partial charge on any atom is 0.255 e. The monoisotopic (exact) mass is 493 g/mol. The van der Waals surface area contributed by atoms with Gasteiger partial charge in [-0.05, 0) is 55.9 Å². The van der Waals surface area contributed by atoms with Crippen molar-refractivity contribution in [3.8, 4) is 0 Å². The highest BCUT2D eigenvalue weighted by atomic mass is 32.1. The van der Waals surface area contributed by atoms with Crippen LogP contribution in [0, 0.1) is 20.8 Å². The molecule has 5 nitrogen and oxygen atoms in total. The number of amides is 2. The summed E-state index contributed by atoms with van der Waals surface area (Å²) in [6.07, 6.45) is 0. The number of thiazole rings is 1. The van der Waals surface area contributed by atoms with Crippen LogP contribution in [0.25, 0.3) is 10.2 Å². The Morgan fingerprint density at radius 1 is 0.853 bits per heavy atom. The van der Waals surface area contributed by atoms with Crippen LogP contribution in [-0.4, -0.2) is 16.8 Å². The first-order valence-electron chi connectivity index (χ1n) is 11.1. The van der Waals surface area contributed by atoms with Crippen molar-refractivity contribution >= 4 is 58.7 Å². The number of carbonyl (C=O) groups is 2. The average Bonchev–Trinajstić information content (AvgIpc) is 3.20. The topological polar surface area (TPSA) is 71.1 Å². The van der Waals surface area contributed by atoms with E-state index in [-0.39, 0.29) is 11.8 Å². The van der Waals surface area contributed by atoms with Crippen molar-refractivity contribution < 1.29 is 9.59 Å². The van der Waals surface area contributed by atoms with Gasteiger partial charge in [0.1, 0.15) is 0 Å². The van der Waals surface area contributed by atoms with Crippen molar-refractivity contribution in [1.29, 1.82) is 0 Å². The predicted molar refractivity (Wildman–Crippen MR) is 150 cm³/mol. The van der Waals surface area contributed by atoms with Crippen molar-refractivity contribution in [2.75, 3.05) is 10.6 Å². The second-order valence-corrected chi connectivity index (χ2v) is 9.26. The molecule has 0 bridgehead atoms. The second kappa shape index (κ2) is 13.0. The lowest BCUT2D eigenvalue weighted by atomic mass is 10.1. The third-order valence-electron chi connectivity index (χ3n) is 4.64. The van der Waals surface area contributed by atoms with E-state index in [1.54, 1.807) is 18.2 Å². The first-order chi connectivity index (χ1) is 16.2. The summed E-state index contributed by atoms with van der Waals surface area (Å²) in [5, 5.41) is 7.37. The van der Waals surface area contributed by atoms with E-state index >= 15 is 0 Å². The molecule has 2 amide bonds. The molecule has 2 N–H and O–H groups in total. The fourth-order valence-electron chi connectivity index (χ4n) is 2.98. The SMILES string of the molecule is CC.CC(=O)Nc1nc2ccc(C(=O)Nc3ccc(C)cc3C)cc2s1.Cc1ccc(P)cc1. The van der Waals surface area contributed by atoms with E-state index < -0.39 is 0 Å². The van der Waals surface area contributed by atoms with Gasteiger partial charge in [0.25, 0.3) is 5.91 Å². The third kappa shape index (κ3) is 8.05. The summed E-state index contributed by atoms with van der Waals surface area (Å²) >= 11 is 1.35. The number of fused-ring (bicyclic) bond motifs is 1. The van der Waals surface area contributed by atoms with Gasteiger partial charge in [-0.1, -0.05) is 72.7 Å². The van der Waals surface area contributed by atoms with E-state index in [9.17, 15) is 9.59 Å². The molecular formula is C27H32N3O2PS. The molecule has 0 spiro atoms. The number of nitrogens with one attached hydrogen (secondary N) is 2. The normalized spacial score (nSPS) is 9.85. The van der Waals surface area contributed by atoms with E-state index in [1.807, 2.05) is 45.9 Å². The van der Waals surface area contributed by atoms with Crippen LogP contribution in [0.5, 0.6) is 0 Å². The zero-order valence-corrected chi connectivity index (χ0v) is 22.5. The molecular weight excluding hydrogens is 461 g/mol. The molecule has 7 heteroatoms. The number of hydrogen-bond acceptors (Lipinski definition) is 4. The molecule has 0 radical (unpaired) electrons. The minimum Gasteiger partial charge on any atom is -0.322 e. The molecule has 1 unspecified atom stereocenters. The van der Waals surface area contributed by atoms with Crippen LogP contribution in [0.3, 0.4) is 0 Å². The number of aromatic nitrogens is 1. The Labute approximate surface area is 208 Å². The van der Waals surface area contributed by atoms with Crippen LogP contribution < -0.4 is 15.9 Å². The number of benzene rings is 3. The Morgan fingerprint density at radius 3 is 2.09 bits per heavy atom. The first-order valence-corrected chi connectivity index (χ1v) is 12.5. The second-order valence-electron chi connectivity index (χ2n) is 7.57. The van der Waals surface area contributed by atoms with Crippen LogP contribution in [-0.2, 0) is 4.79 Å². The van der Waals surface area contributed by atoms with Gasteiger partial charge in [0, 0.05) is 18.2 Å². The smallest absolute Gasteiger partial charge is 0.255 e. The summed E-state index contributed by atoms with van der Waals surface area (Å²) in [7, 11) is 2.65. The summed E-state index contributed by atoms with van der Waals surface area (Å²) in [5.74, 6) is -0.333. The number of carbonyl (C=O) groups excluding carboxylic acids is 2. The van der Waals surface area contributed by atoms with Crippen LogP contribution in [0.1, 0.15) is 47.8 Å². The summed E-state index contributed by atoms with van der Waals surface area (Å²) < 4.78 is 0.854. The van der Waals surface area contributed by atoms with Gasteiger partial charge >= 0.3 is 0 Å². The molecule has 4 aromatic rings. The standard InChI is InChI=1S/C18H17N3O2S.C7H9P.C2H6/c1-10-4-6-14(11(2)8-10)20-17(23)13-5-7-15-16(9-13)24-18(21-15)19-12(3)22;1-6-2-4-7(8)5-3-6;1-2/h4-9H,1-3H3,(H,20,23)(H,19,21,22);2-5H,8H2,1H3;1-2H3. The molecule has 0 saturated carbocycles. The number of aryl methyl sites for hydroxylation is 3. The molecule has 0 aliphatic carbocycles. The van der Waals surface area contributed by atoms with E-state index in [0.717, 1.165) is 27.0 Å². The van der Waals surface area contributed by atoms with Gasteiger partial charge in [0.2, 0.25) is 5.91 Å². The van der Waals surface area contributed by atoms with Crippen molar-refractivity contribution in [1.82, 2.24) is 4.98 Å². The highest BCUT2D eigenvalue weighted by Gasteiger charge is 2.11. The Morgan fingerprint density at radius 2 is 1.50 bits per heavy atom. The molecule has 1 heterocycles. The highest BCUT2D eigenvalue weighted by molar-refractivity contribution is 7.27. The lowest BCUT2D eigenvalue weighted by Gasteiger charge is -2.09. The molecule has 1 aromatic heterocycles. The van der Waals surface area contributed by atoms with Crippen LogP contribution in [0.15, 0.2) is 60.7 Å². The van der Waals surface area contributed by atoms with E-state index in [1.165, 1.54) is 29.1 Å². The Bertz CT molecular complexity index is 1250. The van der Waals surface area contributed by atoms with Crippen molar-refractivity contribution in [3.05, 3.63) is 82.9 Å². The molecule has 0 aliphatic rings. The Balaban J connectivity index is 0.000000343. The van der Waals surface area contributed by atoms with Gasteiger partial charge in [-0.15, -0.1) is 9.24 Å². The van der Waals surface area contributed by atoms with Crippen LogP contribution in [0.2, 0.25) is 0 Å². The van der Waals surface area contributed by atoms with Gasteiger partial charge in [-0.3, -0.25) is 9.59 Å². The van der Waals surface area contributed by atoms with E-state index in [4.69, 9.17) is 0 Å². The molecule has 0 aliphatic heterocycles. The molecule has 0 saturated heterocycles. The van der Waals surface area contributed by atoms with Crippen molar-refractivity contribution in [3.63, 3.8) is 0 Å². The maximum atomic E-state index is 12.5. The summed E-state index contributed by atoms with van der Waals surface area (Å²) in [6.45, 7) is 11.5. The van der Waals surface area contributed by atoms with Gasteiger partial charge < -0.3 is 10.6 Å². The fourth-order valence-corrected chi connectivity index (χ4v) is 4.13. The average molecular weight is 494 g/mol. The molecule has 4 rings (SSSR count). The quantitative estimate of drug-likeness (QED) is 0.314. The molecule has 3 aromatic carbocycles.